The summed E-state index contributed by atoms with van der Waals surface area (Å²) < 4.78 is 21.9. The predicted octanol–water partition coefficient (Wildman–Crippen LogP) is 4.85. The van der Waals surface area contributed by atoms with Crippen LogP contribution in [0.3, 0.4) is 0 Å². The fraction of sp³-hybridized carbons (Fsp3) is 0.333. The SMILES string of the molecule is CCNCCNC(=O)c1c(C)[nH]c(/C=C2\C(=O)Nc3ccc(S(O)(O)CC4=CCCC=C4)cc32)c1C. The van der Waals surface area contributed by atoms with Crippen molar-refractivity contribution in [3.05, 3.63) is 70.1 Å². The van der Waals surface area contributed by atoms with Crippen LogP contribution in [0.25, 0.3) is 11.6 Å². The lowest BCUT2D eigenvalue weighted by molar-refractivity contribution is -0.110. The molecule has 0 bridgehead atoms. The lowest BCUT2D eigenvalue weighted by Crippen LogP contribution is -2.32. The van der Waals surface area contributed by atoms with Crippen LogP contribution in [0.4, 0.5) is 5.69 Å². The number of benzene rings is 1. The Kier molecular flexibility index (Phi) is 7.85. The standard InChI is InChI=1S/C27H34N4O4S/c1-4-28-12-13-29-27(33)25-17(2)24(30-18(25)3)15-22-21-14-20(10-11-23(21)31-26(22)32)36(34,35)16-19-8-6-5-7-9-19/h6,8-11,14-15,28,30,34-35H,4-5,7,12-13,16H2,1-3H3,(H,29,33)(H,31,32)/b22-15-. The lowest BCUT2D eigenvalue weighted by Gasteiger charge is -2.33. The first kappa shape index (κ1) is 26.0. The molecule has 0 spiro atoms. The van der Waals surface area contributed by atoms with E-state index in [4.69, 9.17) is 0 Å². The minimum absolute atomic E-state index is 0.143. The van der Waals surface area contributed by atoms with Crippen LogP contribution >= 0.6 is 10.6 Å². The van der Waals surface area contributed by atoms with Crippen LogP contribution in [0.15, 0.2) is 46.9 Å². The predicted molar refractivity (Wildman–Crippen MR) is 147 cm³/mol. The number of aromatic amines is 1. The third-order valence-electron chi connectivity index (χ3n) is 6.42. The average Bonchev–Trinajstić information content (AvgIpc) is 3.31. The third-order valence-corrected chi connectivity index (χ3v) is 8.17. The fourth-order valence-electron chi connectivity index (χ4n) is 4.54. The largest absolute Gasteiger partial charge is 0.358 e. The monoisotopic (exact) mass is 510 g/mol. The van der Waals surface area contributed by atoms with E-state index in [1.54, 1.807) is 24.3 Å². The Bertz CT molecular complexity index is 1270. The van der Waals surface area contributed by atoms with Gasteiger partial charge in [-0.25, -0.2) is 0 Å². The first-order chi connectivity index (χ1) is 17.2. The Morgan fingerprint density at radius 1 is 1.19 bits per heavy atom. The van der Waals surface area contributed by atoms with E-state index in [-0.39, 0.29) is 17.6 Å². The van der Waals surface area contributed by atoms with Crippen molar-refractivity contribution >= 4 is 39.7 Å². The number of aryl methyl sites for hydroxylation is 1. The van der Waals surface area contributed by atoms with Crippen LogP contribution in [0.2, 0.25) is 0 Å². The highest BCUT2D eigenvalue weighted by Gasteiger charge is 2.28. The maximum atomic E-state index is 12.8. The lowest BCUT2D eigenvalue weighted by atomic mass is 10.0. The summed E-state index contributed by atoms with van der Waals surface area (Å²) in [5.41, 5.74) is 5.22. The van der Waals surface area contributed by atoms with Crippen molar-refractivity contribution < 1.29 is 18.7 Å². The molecule has 9 heteroatoms. The smallest absolute Gasteiger partial charge is 0.256 e. The minimum atomic E-state index is -3.08. The molecule has 2 aliphatic rings. The van der Waals surface area contributed by atoms with E-state index in [0.29, 0.717) is 46.1 Å². The number of nitrogens with one attached hydrogen (secondary N) is 4. The van der Waals surface area contributed by atoms with Crippen molar-refractivity contribution in [2.24, 2.45) is 0 Å². The van der Waals surface area contributed by atoms with Crippen molar-refractivity contribution in [1.82, 2.24) is 15.6 Å². The van der Waals surface area contributed by atoms with Crippen LogP contribution in [0.1, 0.15) is 52.6 Å². The quantitative estimate of drug-likeness (QED) is 0.212. The first-order valence-corrected chi connectivity index (χ1v) is 13.9. The summed E-state index contributed by atoms with van der Waals surface area (Å²) in [5.74, 6) is -0.300. The molecule has 2 heterocycles. The van der Waals surface area contributed by atoms with Crippen LogP contribution in [-0.2, 0) is 4.79 Å². The second-order valence-corrected chi connectivity index (χ2v) is 11.2. The van der Waals surface area contributed by atoms with Gasteiger partial charge in [0.05, 0.1) is 21.8 Å². The van der Waals surface area contributed by atoms with Gasteiger partial charge in [-0.1, -0.05) is 25.2 Å². The van der Waals surface area contributed by atoms with Gasteiger partial charge in [0.1, 0.15) is 0 Å². The number of aromatic nitrogens is 1. The highest BCUT2D eigenvalue weighted by atomic mass is 32.3. The number of allylic oxidation sites excluding steroid dienone is 3. The van der Waals surface area contributed by atoms with E-state index in [2.05, 4.69) is 20.9 Å². The van der Waals surface area contributed by atoms with E-state index in [0.717, 1.165) is 36.2 Å². The van der Waals surface area contributed by atoms with Crippen LogP contribution < -0.4 is 16.0 Å². The van der Waals surface area contributed by atoms with Gasteiger partial charge in [0.2, 0.25) is 0 Å². The summed E-state index contributed by atoms with van der Waals surface area (Å²) >= 11 is 0. The number of fused-ring (bicyclic) bond motifs is 1. The van der Waals surface area contributed by atoms with Crippen molar-refractivity contribution in [3.8, 4) is 0 Å². The zero-order valence-corrected chi connectivity index (χ0v) is 21.7. The number of carbonyl (C=O) groups excluding carboxylic acids is 2. The molecule has 8 nitrogen and oxygen atoms in total. The van der Waals surface area contributed by atoms with Gasteiger partial charge in [-0.15, -0.1) is 0 Å². The number of likely N-dealkylation sites (N-methyl/N-ethyl adjacent to an activating group) is 1. The van der Waals surface area contributed by atoms with E-state index >= 15 is 0 Å². The molecule has 36 heavy (non-hydrogen) atoms. The number of rotatable bonds is 9. The van der Waals surface area contributed by atoms with Gasteiger partial charge in [-0.3, -0.25) is 18.7 Å². The Morgan fingerprint density at radius 2 is 2.00 bits per heavy atom. The van der Waals surface area contributed by atoms with E-state index in [1.807, 2.05) is 39.0 Å². The van der Waals surface area contributed by atoms with Crippen molar-refractivity contribution in [2.45, 2.75) is 38.5 Å². The number of hydrogen-bond donors (Lipinski definition) is 6. The van der Waals surface area contributed by atoms with Crippen LogP contribution in [0.5, 0.6) is 0 Å². The minimum Gasteiger partial charge on any atom is -0.358 e. The summed E-state index contributed by atoms with van der Waals surface area (Å²) in [6.07, 6.45) is 9.57. The second-order valence-electron chi connectivity index (χ2n) is 9.06. The molecule has 0 saturated carbocycles. The Morgan fingerprint density at radius 3 is 2.72 bits per heavy atom. The van der Waals surface area contributed by atoms with Crippen LogP contribution in [0, 0.1) is 13.8 Å². The molecule has 0 atom stereocenters. The molecule has 0 saturated heterocycles. The highest BCUT2D eigenvalue weighted by molar-refractivity contribution is 8.24. The molecule has 0 fully saturated rings. The van der Waals surface area contributed by atoms with Gasteiger partial charge in [0, 0.05) is 35.7 Å². The zero-order valence-electron chi connectivity index (χ0n) is 20.9. The summed E-state index contributed by atoms with van der Waals surface area (Å²) in [6.45, 7) is 7.74. The number of H-pyrrole nitrogens is 1. The molecule has 4 rings (SSSR count). The Hall–Kier alpha value is -3.11. The van der Waals surface area contributed by atoms with Gasteiger partial charge in [-0.2, -0.15) is 10.6 Å². The third kappa shape index (κ3) is 5.49. The Balaban J connectivity index is 1.62. The van der Waals surface area contributed by atoms with E-state index < -0.39 is 10.6 Å². The molecule has 1 aromatic carbocycles. The molecular formula is C27H34N4O4S. The second kappa shape index (κ2) is 10.9. The molecule has 0 radical (unpaired) electrons. The van der Waals surface area contributed by atoms with E-state index in [9.17, 15) is 18.7 Å². The maximum absolute atomic E-state index is 12.8. The zero-order chi connectivity index (χ0) is 25.9. The van der Waals surface area contributed by atoms with Gasteiger partial charge in [0.15, 0.2) is 0 Å². The normalized spacial score (nSPS) is 16.6. The molecule has 1 aliphatic carbocycles. The van der Waals surface area contributed by atoms with Crippen molar-refractivity contribution in [1.29, 1.82) is 0 Å². The van der Waals surface area contributed by atoms with E-state index in [1.165, 1.54) is 0 Å². The fourth-order valence-corrected chi connectivity index (χ4v) is 5.98. The van der Waals surface area contributed by atoms with Gasteiger partial charge < -0.3 is 20.9 Å². The molecule has 1 aromatic heterocycles. The number of carbonyl (C=O) groups is 2. The van der Waals surface area contributed by atoms with Gasteiger partial charge in [0.25, 0.3) is 11.8 Å². The van der Waals surface area contributed by atoms with Gasteiger partial charge >= 0.3 is 0 Å². The first-order valence-electron chi connectivity index (χ1n) is 12.2. The molecule has 0 unspecified atom stereocenters. The van der Waals surface area contributed by atoms with Crippen molar-refractivity contribution in [2.75, 3.05) is 30.7 Å². The van der Waals surface area contributed by atoms with Crippen molar-refractivity contribution in [3.63, 3.8) is 0 Å². The summed E-state index contributed by atoms with van der Waals surface area (Å²) in [4.78, 5) is 29.2. The number of hydrogen-bond acceptors (Lipinski definition) is 5. The molecule has 1 aliphatic heterocycles. The molecular weight excluding hydrogens is 476 g/mol. The maximum Gasteiger partial charge on any atom is 0.256 e. The Labute approximate surface area is 213 Å². The highest BCUT2D eigenvalue weighted by Crippen LogP contribution is 2.51. The molecule has 2 aromatic rings. The molecule has 2 amide bonds. The number of anilines is 1. The molecule has 192 valence electrons. The van der Waals surface area contributed by atoms with Crippen LogP contribution in [-0.4, -0.2) is 51.3 Å². The summed E-state index contributed by atoms with van der Waals surface area (Å²) in [7, 11) is -3.08. The average molecular weight is 511 g/mol. The summed E-state index contributed by atoms with van der Waals surface area (Å²) in [5, 5.41) is 8.94. The number of amides is 2. The summed E-state index contributed by atoms with van der Waals surface area (Å²) in [6, 6.07) is 5.05. The molecule has 6 N–H and O–H groups in total. The van der Waals surface area contributed by atoms with Gasteiger partial charge in [-0.05, 0) is 68.6 Å². The topological polar surface area (TPSA) is 126 Å².